The number of hydrogen-bond acceptors (Lipinski definition) is 5. The third kappa shape index (κ3) is 5.51. The van der Waals surface area contributed by atoms with Crippen molar-refractivity contribution in [3.63, 3.8) is 0 Å². The first-order chi connectivity index (χ1) is 9.95. The highest BCUT2D eigenvalue weighted by molar-refractivity contribution is 6.63. The second-order valence-corrected chi connectivity index (χ2v) is 4.99. The molecule has 1 aromatic carbocycles. The summed E-state index contributed by atoms with van der Waals surface area (Å²) in [6.07, 6.45) is 3.02. The van der Waals surface area contributed by atoms with Gasteiger partial charge in [0.1, 0.15) is 5.75 Å². The Balaban J connectivity index is 2.57. The highest BCUT2D eigenvalue weighted by atomic mass is 35.5. The Kier molecular flexibility index (Phi) is 6.81. The number of benzene rings is 1. The molecule has 0 unspecified atom stereocenters. The number of carbonyl (C=O) groups excluding carboxylic acids is 2. The van der Waals surface area contributed by atoms with E-state index in [1.54, 1.807) is 6.92 Å². The molecule has 1 aromatic rings. The summed E-state index contributed by atoms with van der Waals surface area (Å²) >= 11 is 5.22. The summed E-state index contributed by atoms with van der Waals surface area (Å²) in [4.78, 5) is 31.7. The van der Waals surface area contributed by atoms with Crippen molar-refractivity contribution in [1.29, 1.82) is 0 Å². The quantitative estimate of drug-likeness (QED) is 0.229. The molecule has 0 aliphatic carbocycles. The Bertz CT molecular complexity index is 544. The van der Waals surface area contributed by atoms with Gasteiger partial charge in [-0.1, -0.05) is 0 Å². The van der Waals surface area contributed by atoms with Gasteiger partial charge in [0, 0.05) is 12.0 Å². The number of rotatable bonds is 9. The molecule has 0 saturated heterocycles. The molecular formula is C14H16ClNO5. The van der Waals surface area contributed by atoms with E-state index in [4.69, 9.17) is 16.3 Å². The third-order valence-corrected chi connectivity index (χ3v) is 3.09. The number of halogens is 1. The van der Waals surface area contributed by atoms with Gasteiger partial charge in [-0.25, -0.2) is 0 Å². The van der Waals surface area contributed by atoms with Crippen molar-refractivity contribution in [2.24, 2.45) is 0 Å². The summed E-state index contributed by atoms with van der Waals surface area (Å²) in [6.45, 7) is 1.97. The molecule has 0 aromatic heterocycles. The summed E-state index contributed by atoms with van der Waals surface area (Å²) in [5.41, 5.74) is 0.188. The molecule has 0 radical (unpaired) electrons. The second kappa shape index (κ2) is 8.36. The number of aldehydes is 1. The van der Waals surface area contributed by atoms with E-state index in [0.717, 1.165) is 12.8 Å². The average Bonchev–Trinajstić information content (AvgIpc) is 2.41. The lowest BCUT2D eigenvalue weighted by Gasteiger charge is -2.08. The van der Waals surface area contributed by atoms with Crippen molar-refractivity contribution in [3.8, 4) is 5.75 Å². The summed E-state index contributed by atoms with van der Waals surface area (Å²) in [5, 5.41) is 10.5. The standard InChI is InChI=1S/C14H16ClNO5/c1-10-7-12(8-11(9-17)14(10)16(19)20)21-6-4-2-3-5-13(15)18/h7-9H,2-6H2,1H3. The van der Waals surface area contributed by atoms with E-state index in [-0.39, 0.29) is 16.5 Å². The molecule has 114 valence electrons. The van der Waals surface area contributed by atoms with Gasteiger partial charge in [-0.15, -0.1) is 0 Å². The van der Waals surface area contributed by atoms with E-state index in [1.807, 2.05) is 0 Å². The van der Waals surface area contributed by atoms with Crippen LogP contribution in [0.15, 0.2) is 12.1 Å². The predicted molar refractivity (Wildman–Crippen MR) is 78.0 cm³/mol. The fourth-order valence-electron chi connectivity index (χ4n) is 1.93. The maximum Gasteiger partial charge on any atom is 0.283 e. The van der Waals surface area contributed by atoms with Gasteiger partial charge < -0.3 is 4.74 Å². The number of nitro benzene ring substituents is 1. The van der Waals surface area contributed by atoms with Gasteiger partial charge in [0.05, 0.1) is 17.1 Å². The van der Waals surface area contributed by atoms with E-state index in [1.165, 1.54) is 12.1 Å². The topological polar surface area (TPSA) is 86.5 Å². The molecule has 7 heteroatoms. The monoisotopic (exact) mass is 313 g/mol. The highest BCUT2D eigenvalue weighted by Gasteiger charge is 2.18. The smallest absolute Gasteiger partial charge is 0.283 e. The maximum atomic E-state index is 10.9. The predicted octanol–water partition coefficient (Wildman–Crippen LogP) is 3.42. The molecular weight excluding hydrogens is 298 g/mol. The minimum absolute atomic E-state index is 0.00253. The molecule has 0 spiro atoms. The number of aryl methyl sites for hydroxylation is 1. The summed E-state index contributed by atoms with van der Waals surface area (Å²) in [5.74, 6) is 0.425. The first-order valence-corrected chi connectivity index (χ1v) is 6.89. The fourth-order valence-corrected chi connectivity index (χ4v) is 2.06. The second-order valence-electron chi connectivity index (χ2n) is 4.57. The van der Waals surface area contributed by atoms with Crippen molar-refractivity contribution < 1.29 is 19.2 Å². The van der Waals surface area contributed by atoms with Crippen LogP contribution in [0.5, 0.6) is 5.75 Å². The van der Waals surface area contributed by atoms with Crippen LogP contribution in [0.4, 0.5) is 5.69 Å². The Morgan fingerprint density at radius 3 is 2.67 bits per heavy atom. The van der Waals surface area contributed by atoms with Crippen molar-refractivity contribution >= 4 is 28.8 Å². The van der Waals surface area contributed by atoms with Crippen molar-refractivity contribution in [3.05, 3.63) is 33.4 Å². The maximum absolute atomic E-state index is 10.9. The number of carbonyl (C=O) groups is 2. The third-order valence-electron chi connectivity index (χ3n) is 2.90. The minimum atomic E-state index is -0.577. The van der Waals surface area contributed by atoms with E-state index < -0.39 is 4.92 Å². The van der Waals surface area contributed by atoms with Gasteiger partial charge in [-0.3, -0.25) is 19.7 Å². The average molecular weight is 314 g/mol. The zero-order chi connectivity index (χ0) is 15.8. The lowest BCUT2D eigenvalue weighted by molar-refractivity contribution is -0.385. The van der Waals surface area contributed by atoms with E-state index in [0.29, 0.717) is 37.0 Å². The van der Waals surface area contributed by atoms with Crippen molar-refractivity contribution in [2.75, 3.05) is 6.61 Å². The fraction of sp³-hybridized carbons (Fsp3) is 0.429. The van der Waals surface area contributed by atoms with Gasteiger partial charge in [-0.05, 0) is 49.9 Å². The summed E-state index contributed by atoms with van der Waals surface area (Å²) in [7, 11) is 0. The molecule has 1 rings (SSSR count). The lowest BCUT2D eigenvalue weighted by Crippen LogP contribution is -2.02. The van der Waals surface area contributed by atoms with E-state index >= 15 is 0 Å². The van der Waals surface area contributed by atoms with Crippen molar-refractivity contribution in [2.45, 2.75) is 32.6 Å². The van der Waals surface area contributed by atoms with Crippen LogP contribution in [0.2, 0.25) is 0 Å². The van der Waals surface area contributed by atoms with Crippen LogP contribution in [-0.2, 0) is 4.79 Å². The molecule has 0 atom stereocenters. The van der Waals surface area contributed by atoms with E-state index in [2.05, 4.69) is 0 Å². The Morgan fingerprint density at radius 2 is 2.10 bits per heavy atom. The van der Waals surface area contributed by atoms with Crippen LogP contribution in [0.3, 0.4) is 0 Å². The first-order valence-electron chi connectivity index (χ1n) is 6.51. The Hall–Kier alpha value is -1.95. The number of unbranched alkanes of at least 4 members (excludes halogenated alkanes) is 2. The normalized spacial score (nSPS) is 10.2. The molecule has 0 bridgehead atoms. The van der Waals surface area contributed by atoms with Crippen LogP contribution in [0.25, 0.3) is 0 Å². The van der Waals surface area contributed by atoms with Crippen LogP contribution < -0.4 is 4.74 Å². The Labute approximate surface area is 127 Å². The number of ether oxygens (including phenoxy) is 1. The lowest BCUT2D eigenvalue weighted by atomic mass is 10.1. The minimum Gasteiger partial charge on any atom is -0.494 e. The van der Waals surface area contributed by atoms with Gasteiger partial charge in [0.15, 0.2) is 6.29 Å². The van der Waals surface area contributed by atoms with Crippen LogP contribution in [0, 0.1) is 17.0 Å². The molecule has 0 N–H and O–H groups in total. The zero-order valence-corrected chi connectivity index (χ0v) is 12.4. The van der Waals surface area contributed by atoms with Crippen LogP contribution >= 0.6 is 11.6 Å². The molecule has 0 amide bonds. The summed E-state index contributed by atoms with van der Waals surface area (Å²) in [6, 6.07) is 2.90. The number of nitrogens with zero attached hydrogens (tertiary/aromatic N) is 1. The molecule has 0 saturated carbocycles. The van der Waals surface area contributed by atoms with Gasteiger partial charge in [-0.2, -0.15) is 0 Å². The highest BCUT2D eigenvalue weighted by Crippen LogP contribution is 2.27. The SMILES string of the molecule is Cc1cc(OCCCCCC(=O)Cl)cc(C=O)c1[N+](=O)[O-]. The van der Waals surface area contributed by atoms with Crippen molar-refractivity contribution in [1.82, 2.24) is 0 Å². The van der Waals surface area contributed by atoms with Gasteiger partial charge >= 0.3 is 0 Å². The van der Waals surface area contributed by atoms with Gasteiger partial charge in [0.25, 0.3) is 5.69 Å². The molecule has 0 fully saturated rings. The van der Waals surface area contributed by atoms with Crippen LogP contribution in [-0.4, -0.2) is 23.1 Å². The molecule has 21 heavy (non-hydrogen) atoms. The molecule has 6 nitrogen and oxygen atoms in total. The van der Waals surface area contributed by atoms with Crippen LogP contribution in [0.1, 0.15) is 41.6 Å². The zero-order valence-electron chi connectivity index (χ0n) is 11.6. The number of hydrogen-bond donors (Lipinski definition) is 0. The molecule has 0 heterocycles. The summed E-state index contributed by atoms with van der Waals surface area (Å²) < 4.78 is 5.47. The molecule has 0 aliphatic heterocycles. The van der Waals surface area contributed by atoms with Gasteiger partial charge in [0.2, 0.25) is 5.24 Å². The first kappa shape index (κ1) is 17.1. The number of nitro groups is 1. The largest absolute Gasteiger partial charge is 0.494 e. The Morgan fingerprint density at radius 1 is 1.38 bits per heavy atom. The molecule has 0 aliphatic rings. The van der Waals surface area contributed by atoms with E-state index in [9.17, 15) is 19.7 Å².